The van der Waals surface area contributed by atoms with Crippen LogP contribution in [0.2, 0.25) is 0 Å². The van der Waals surface area contributed by atoms with Gasteiger partial charge in [-0.05, 0) is 43.7 Å². The Morgan fingerprint density at radius 1 is 1.24 bits per heavy atom. The SMILES string of the molecule is Cc1ccccc1C1(C(=O)N2CCC[C@@](O)(c3cn[nH]n3)C2)CCC1. The van der Waals surface area contributed by atoms with E-state index in [1.54, 1.807) is 6.20 Å². The highest BCUT2D eigenvalue weighted by Crippen LogP contribution is 2.47. The van der Waals surface area contributed by atoms with Crippen LogP contribution in [0.5, 0.6) is 0 Å². The van der Waals surface area contributed by atoms with Crippen molar-refractivity contribution >= 4 is 5.91 Å². The highest BCUT2D eigenvalue weighted by atomic mass is 16.3. The summed E-state index contributed by atoms with van der Waals surface area (Å²) in [7, 11) is 0. The number of nitrogens with zero attached hydrogens (tertiary/aromatic N) is 3. The lowest BCUT2D eigenvalue weighted by molar-refractivity contribution is -0.148. The number of piperidine rings is 1. The van der Waals surface area contributed by atoms with Crippen molar-refractivity contribution in [3.8, 4) is 0 Å². The number of carbonyl (C=O) groups excluding carboxylic acids is 1. The number of aromatic nitrogens is 3. The lowest BCUT2D eigenvalue weighted by Gasteiger charge is -2.47. The van der Waals surface area contributed by atoms with Gasteiger partial charge in [0.05, 0.1) is 18.2 Å². The van der Waals surface area contributed by atoms with Gasteiger partial charge in [0.15, 0.2) is 0 Å². The molecule has 2 aliphatic rings. The number of aliphatic hydroxyl groups is 1. The van der Waals surface area contributed by atoms with Crippen molar-refractivity contribution in [2.75, 3.05) is 13.1 Å². The first-order valence-electron chi connectivity index (χ1n) is 8.99. The largest absolute Gasteiger partial charge is 0.382 e. The molecule has 1 aromatic heterocycles. The normalized spacial score (nSPS) is 25.4. The third-order valence-electron chi connectivity index (χ3n) is 5.93. The minimum Gasteiger partial charge on any atom is -0.382 e. The van der Waals surface area contributed by atoms with Crippen molar-refractivity contribution in [3.63, 3.8) is 0 Å². The van der Waals surface area contributed by atoms with Gasteiger partial charge in [-0.3, -0.25) is 4.79 Å². The van der Waals surface area contributed by atoms with E-state index in [-0.39, 0.29) is 12.5 Å². The molecule has 0 spiro atoms. The standard InChI is InChI=1S/C19H24N4O2/c1-14-6-2-3-7-15(14)18(8-4-9-18)17(24)23-11-5-10-19(25,13-23)16-12-20-22-21-16/h2-3,6-7,12,25H,4-5,8-11,13H2,1H3,(H,20,21,22)/t19-/m0/s1. The highest BCUT2D eigenvalue weighted by Gasteiger charge is 2.50. The highest BCUT2D eigenvalue weighted by molar-refractivity contribution is 5.90. The van der Waals surface area contributed by atoms with Crippen LogP contribution in [0.25, 0.3) is 0 Å². The summed E-state index contributed by atoms with van der Waals surface area (Å²) in [6.45, 7) is 3.04. The Morgan fingerprint density at radius 2 is 2.04 bits per heavy atom. The van der Waals surface area contributed by atoms with E-state index in [0.29, 0.717) is 18.7 Å². The average Bonchev–Trinajstić information content (AvgIpc) is 3.11. The van der Waals surface area contributed by atoms with Crippen molar-refractivity contribution in [2.45, 2.75) is 50.0 Å². The predicted molar refractivity (Wildman–Crippen MR) is 92.8 cm³/mol. The number of aryl methyl sites for hydroxylation is 1. The molecule has 6 nitrogen and oxygen atoms in total. The molecule has 132 valence electrons. The van der Waals surface area contributed by atoms with Crippen LogP contribution in [0.3, 0.4) is 0 Å². The topological polar surface area (TPSA) is 82.1 Å². The van der Waals surface area contributed by atoms with Crippen molar-refractivity contribution in [1.82, 2.24) is 20.3 Å². The van der Waals surface area contributed by atoms with Gasteiger partial charge in [0, 0.05) is 6.54 Å². The molecule has 2 N–H and O–H groups in total. The second-order valence-electron chi connectivity index (χ2n) is 7.47. The van der Waals surface area contributed by atoms with Crippen molar-refractivity contribution in [3.05, 3.63) is 47.3 Å². The van der Waals surface area contributed by atoms with Crippen LogP contribution in [0.1, 0.15) is 48.9 Å². The number of hydrogen-bond acceptors (Lipinski definition) is 4. The van der Waals surface area contributed by atoms with Gasteiger partial charge in [-0.2, -0.15) is 15.4 Å². The zero-order chi connectivity index (χ0) is 17.5. The van der Waals surface area contributed by atoms with Gasteiger partial charge in [0.1, 0.15) is 11.3 Å². The molecule has 2 heterocycles. The van der Waals surface area contributed by atoms with Crippen LogP contribution in [-0.4, -0.2) is 44.4 Å². The molecule has 4 rings (SSSR count). The Balaban J connectivity index is 1.63. The number of likely N-dealkylation sites (tertiary alicyclic amines) is 1. The third kappa shape index (κ3) is 2.56. The van der Waals surface area contributed by atoms with Crippen molar-refractivity contribution in [1.29, 1.82) is 0 Å². The molecular formula is C19H24N4O2. The van der Waals surface area contributed by atoms with Crippen LogP contribution in [0.4, 0.5) is 0 Å². The zero-order valence-electron chi connectivity index (χ0n) is 14.5. The van der Waals surface area contributed by atoms with Crippen molar-refractivity contribution in [2.24, 2.45) is 0 Å². The van der Waals surface area contributed by atoms with Crippen LogP contribution in [0, 0.1) is 6.92 Å². The minimum absolute atomic E-state index is 0.148. The van der Waals surface area contributed by atoms with Crippen LogP contribution in [0.15, 0.2) is 30.5 Å². The fourth-order valence-electron chi connectivity index (χ4n) is 4.39. The maximum absolute atomic E-state index is 13.5. The summed E-state index contributed by atoms with van der Waals surface area (Å²) in [6.07, 6.45) is 5.75. The van der Waals surface area contributed by atoms with E-state index in [1.165, 1.54) is 5.56 Å². The molecule has 1 aliphatic heterocycles. The van der Waals surface area contributed by atoms with Gasteiger partial charge >= 0.3 is 0 Å². The molecule has 1 aliphatic carbocycles. The average molecular weight is 340 g/mol. The minimum atomic E-state index is -1.11. The molecular weight excluding hydrogens is 316 g/mol. The van der Waals surface area contributed by atoms with E-state index in [4.69, 9.17) is 0 Å². The van der Waals surface area contributed by atoms with Crippen LogP contribution >= 0.6 is 0 Å². The quantitative estimate of drug-likeness (QED) is 0.896. The third-order valence-corrected chi connectivity index (χ3v) is 5.93. The van der Waals surface area contributed by atoms with Crippen LogP contribution < -0.4 is 0 Å². The lowest BCUT2D eigenvalue weighted by Crippen LogP contribution is -2.57. The number of nitrogens with one attached hydrogen (secondary N) is 1. The van der Waals surface area contributed by atoms with Gasteiger partial charge in [0.2, 0.25) is 5.91 Å². The molecule has 6 heteroatoms. The van der Waals surface area contributed by atoms with E-state index in [0.717, 1.165) is 31.2 Å². The molecule has 0 bridgehead atoms. The molecule has 2 fully saturated rings. The number of aromatic amines is 1. The summed E-state index contributed by atoms with van der Waals surface area (Å²) in [5.41, 5.74) is 1.29. The number of rotatable bonds is 3. The van der Waals surface area contributed by atoms with Gasteiger partial charge in [-0.15, -0.1) is 0 Å². The molecule has 1 atom stereocenters. The smallest absolute Gasteiger partial charge is 0.233 e. The molecule has 25 heavy (non-hydrogen) atoms. The van der Waals surface area contributed by atoms with Gasteiger partial charge < -0.3 is 10.0 Å². The Bertz CT molecular complexity index is 769. The molecule has 2 aromatic rings. The molecule has 1 aromatic carbocycles. The molecule has 0 radical (unpaired) electrons. The summed E-state index contributed by atoms with van der Waals surface area (Å²) < 4.78 is 0. The Hall–Kier alpha value is -2.21. The number of benzene rings is 1. The van der Waals surface area contributed by atoms with Gasteiger partial charge in [-0.25, -0.2) is 0 Å². The summed E-state index contributed by atoms with van der Waals surface area (Å²) >= 11 is 0. The van der Waals surface area contributed by atoms with E-state index < -0.39 is 11.0 Å². The van der Waals surface area contributed by atoms with Crippen LogP contribution in [-0.2, 0) is 15.8 Å². The zero-order valence-corrected chi connectivity index (χ0v) is 14.5. The number of carbonyl (C=O) groups is 1. The summed E-state index contributed by atoms with van der Waals surface area (Å²) in [4.78, 5) is 15.3. The Labute approximate surface area is 147 Å². The summed E-state index contributed by atoms with van der Waals surface area (Å²) in [5, 5.41) is 21.4. The summed E-state index contributed by atoms with van der Waals surface area (Å²) in [5.74, 6) is 0.148. The van der Waals surface area contributed by atoms with E-state index >= 15 is 0 Å². The molecule has 1 saturated carbocycles. The van der Waals surface area contributed by atoms with Gasteiger partial charge in [0.25, 0.3) is 0 Å². The number of hydrogen-bond donors (Lipinski definition) is 2. The molecule has 1 saturated heterocycles. The molecule has 1 amide bonds. The van der Waals surface area contributed by atoms with Crippen molar-refractivity contribution < 1.29 is 9.90 Å². The second kappa shape index (κ2) is 5.95. The Kier molecular flexibility index (Phi) is 3.87. The van der Waals surface area contributed by atoms with E-state index in [9.17, 15) is 9.90 Å². The first-order chi connectivity index (χ1) is 12.1. The first-order valence-corrected chi connectivity index (χ1v) is 8.99. The maximum Gasteiger partial charge on any atom is 0.233 e. The number of amides is 1. The first kappa shape index (κ1) is 16.3. The lowest BCUT2D eigenvalue weighted by atomic mass is 9.62. The van der Waals surface area contributed by atoms with E-state index in [1.807, 2.05) is 17.0 Å². The summed E-state index contributed by atoms with van der Waals surface area (Å²) in [6, 6.07) is 8.18. The van der Waals surface area contributed by atoms with E-state index in [2.05, 4.69) is 34.5 Å². The fraction of sp³-hybridized carbons (Fsp3) is 0.526. The second-order valence-corrected chi connectivity index (χ2v) is 7.47. The Morgan fingerprint density at radius 3 is 2.68 bits per heavy atom. The number of β-amino-alcohol motifs (C(OH)–C–C–N with tert-alkyl or cyclic N) is 1. The fourth-order valence-corrected chi connectivity index (χ4v) is 4.39. The number of H-pyrrole nitrogens is 1. The predicted octanol–water partition coefficient (Wildman–Crippen LogP) is 2.05. The maximum atomic E-state index is 13.5. The monoisotopic (exact) mass is 340 g/mol. The van der Waals surface area contributed by atoms with Gasteiger partial charge in [-0.1, -0.05) is 30.7 Å². The molecule has 0 unspecified atom stereocenters.